The van der Waals surface area contributed by atoms with E-state index < -0.39 is 0 Å². The Morgan fingerprint density at radius 1 is 1.00 bits per heavy atom. The molecule has 1 aromatic carbocycles. The summed E-state index contributed by atoms with van der Waals surface area (Å²) in [5.74, 6) is 2.04. The maximum atomic E-state index is 5.47. The lowest BCUT2D eigenvalue weighted by atomic mass is 10.1. The highest BCUT2D eigenvalue weighted by Crippen LogP contribution is 2.39. The minimum atomic E-state index is 0.636. The topological polar surface area (TPSA) is 39.7 Å². The second-order valence-electron chi connectivity index (χ2n) is 4.55. The SMILES string of the molecule is COc1ccc(CNCCc2ccsc2)c(OC)c1OC. The lowest BCUT2D eigenvalue weighted by Crippen LogP contribution is -2.17. The standard InChI is InChI=1S/C16H21NO3S/c1-18-14-5-4-13(15(19-2)16(14)20-3)10-17-8-6-12-7-9-21-11-12/h4-5,7,9,11,17H,6,8,10H2,1-3H3. The fourth-order valence-electron chi connectivity index (χ4n) is 2.19. The first-order valence-corrected chi connectivity index (χ1v) is 7.74. The van der Waals surface area contributed by atoms with Gasteiger partial charge in [-0.1, -0.05) is 6.07 Å². The Morgan fingerprint density at radius 2 is 1.81 bits per heavy atom. The molecule has 114 valence electrons. The van der Waals surface area contributed by atoms with Crippen LogP contribution >= 0.6 is 11.3 Å². The first kappa shape index (κ1) is 15.7. The van der Waals surface area contributed by atoms with Crippen molar-refractivity contribution < 1.29 is 14.2 Å². The van der Waals surface area contributed by atoms with Gasteiger partial charge in [-0.2, -0.15) is 11.3 Å². The van der Waals surface area contributed by atoms with Gasteiger partial charge >= 0.3 is 0 Å². The molecule has 0 spiro atoms. The average Bonchev–Trinajstić information content (AvgIpc) is 3.03. The van der Waals surface area contributed by atoms with Crippen LogP contribution in [0.5, 0.6) is 17.2 Å². The number of nitrogens with one attached hydrogen (secondary N) is 1. The molecule has 0 saturated carbocycles. The van der Waals surface area contributed by atoms with Crippen molar-refractivity contribution in [3.63, 3.8) is 0 Å². The average molecular weight is 307 g/mol. The Labute approximate surface area is 129 Å². The van der Waals surface area contributed by atoms with Gasteiger partial charge in [0.1, 0.15) is 0 Å². The zero-order valence-electron chi connectivity index (χ0n) is 12.6. The fourth-order valence-corrected chi connectivity index (χ4v) is 2.90. The van der Waals surface area contributed by atoms with E-state index in [0.29, 0.717) is 11.5 Å². The molecular formula is C16H21NO3S. The number of rotatable bonds is 8. The van der Waals surface area contributed by atoms with Gasteiger partial charge in [0, 0.05) is 12.1 Å². The van der Waals surface area contributed by atoms with E-state index in [-0.39, 0.29) is 0 Å². The van der Waals surface area contributed by atoms with Gasteiger partial charge in [-0.3, -0.25) is 0 Å². The van der Waals surface area contributed by atoms with Gasteiger partial charge in [-0.15, -0.1) is 0 Å². The number of hydrogen-bond donors (Lipinski definition) is 1. The van der Waals surface area contributed by atoms with E-state index in [1.54, 1.807) is 32.7 Å². The zero-order valence-corrected chi connectivity index (χ0v) is 13.5. The molecular weight excluding hydrogens is 286 g/mol. The molecule has 0 atom stereocenters. The van der Waals surface area contributed by atoms with Crippen LogP contribution in [0.25, 0.3) is 0 Å². The molecule has 0 aliphatic rings. The Bertz CT molecular complexity index is 555. The molecule has 0 radical (unpaired) electrons. The second-order valence-corrected chi connectivity index (χ2v) is 5.33. The van der Waals surface area contributed by atoms with Crippen molar-refractivity contribution in [3.05, 3.63) is 40.1 Å². The van der Waals surface area contributed by atoms with Crippen LogP contribution in [0, 0.1) is 0 Å². The number of methoxy groups -OCH3 is 3. The fraction of sp³-hybridized carbons (Fsp3) is 0.375. The summed E-state index contributed by atoms with van der Waals surface area (Å²) in [4.78, 5) is 0. The van der Waals surface area contributed by atoms with E-state index >= 15 is 0 Å². The zero-order chi connectivity index (χ0) is 15.1. The molecule has 5 heteroatoms. The van der Waals surface area contributed by atoms with Gasteiger partial charge in [-0.25, -0.2) is 0 Å². The van der Waals surface area contributed by atoms with Crippen molar-refractivity contribution in [3.8, 4) is 17.2 Å². The number of ether oxygens (including phenoxy) is 3. The van der Waals surface area contributed by atoms with Crippen molar-refractivity contribution in [1.82, 2.24) is 5.32 Å². The van der Waals surface area contributed by atoms with Gasteiger partial charge in [0.05, 0.1) is 21.3 Å². The van der Waals surface area contributed by atoms with Crippen LogP contribution < -0.4 is 19.5 Å². The van der Waals surface area contributed by atoms with Crippen LogP contribution in [0.15, 0.2) is 29.0 Å². The van der Waals surface area contributed by atoms with Crippen LogP contribution in [-0.2, 0) is 13.0 Å². The van der Waals surface area contributed by atoms with Crippen LogP contribution in [0.4, 0.5) is 0 Å². The summed E-state index contributed by atoms with van der Waals surface area (Å²) < 4.78 is 16.1. The van der Waals surface area contributed by atoms with Crippen molar-refractivity contribution >= 4 is 11.3 Å². The maximum Gasteiger partial charge on any atom is 0.203 e. The molecule has 0 bridgehead atoms. The maximum absolute atomic E-state index is 5.47. The van der Waals surface area contributed by atoms with E-state index in [2.05, 4.69) is 22.1 Å². The summed E-state index contributed by atoms with van der Waals surface area (Å²) in [6.45, 7) is 1.65. The molecule has 0 aliphatic carbocycles. The van der Waals surface area contributed by atoms with Crippen LogP contribution in [-0.4, -0.2) is 27.9 Å². The summed E-state index contributed by atoms with van der Waals surface area (Å²) in [7, 11) is 4.89. The molecule has 2 aromatic rings. The molecule has 1 aromatic heterocycles. The van der Waals surface area contributed by atoms with Crippen molar-refractivity contribution in [1.29, 1.82) is 0 Å². The molecule has 4 nitrogen and oxygen atoms in total. The first-order valence-electron chi connectivity index (χ1n) is 6.79. The smallest absolute Gasteiger partial charge is 0.203 e. The second kappa shape index (κ2) is 7.90. The Morgan fingerprint density at radius 3 is 2.43 bits per heavy atom. The lowest BCUT2D eigenvalue weighted by Gasteiger charge is -2.16. The summed E-state index contributed by atoms with van der Waals surface area (Å²) >= 11 is 1.73. The van der Waals surface area contributed by atoms with Gasteiger partial charge in [0.15, 0.2) is 11.5 Å². The van der Waals surface area contributed by atoms with Crippen molar-refractivity contribution in [2.24, 2.45) is 0 Å². The molecule has 0 aliphatic heterocycles. The quantitative estimate of drug-likeness (QED) is 0.761. The lowest BCUT2D eigenvalue weighted by molar-refractivity contribution is 0.321. The first-order chi connectivity index (χ1) is 10.3. The van der Waals surface area contributed by atoms with E-state index in [9.17, 15) is 0 Å². The third-order valence-electron chi connectivity index (χ3n) is 3.27. The Kier molecular flexibility index (Phi) is 5.90. The highest BCUT2D eigenvalue weighted by molar-refractivity contribution is 7.07. The third-order valence-corrected chi connectivity index (χ3v) is 4.00. The molecule has 1 heterocycles. The molecule has 0 fully saturated rings. The van der Waals surface area contributed by atoms with Crippen molar-refractivity contribution in [2.45, 2.75) is 13.0 Å². The van der Waals surface area contributed by atoms with Crippen LogP contribution in [0.3, 0.4) is 0 Å². The minimum absolute atomic E-state index is 0.636. The summed E-state index contributed by atoms with van der Waals surface area (Å²) in [5, 5.41) is 7.71. The number of hydrogen-bond acceptors (Lipinski definition) is 5. The predicted molar refractivity (Wildman–Crippen MR) is 85.8 cm³/mol. The number of benzene rings is 1. The van der Waals surface area contributed by atoms with E-state index in [1.165, 1.54) is 5.56 Å². The van der Waals surface area contributed by atoms with Crippen LogP contribution in [0.2, 0.25) is 0 Å². The third kappa shape index (κ3) is 3.89. The summed E-state index contributed by atoms with van der Waals surface area (Å²) in [6, 6.07) is 6.05. The van der Waals surface area contributed by atoms with E-state index in [0.717, 1.165) is 30.8 Å². The monoisotopic (exact) mass is 307 g/mol. The Hall–Kier alpha value is -1.72. The minimum Gasteiger partial charge on any atom is -0.493 e. The predicted octanol–water partition coefficient (Wildman–Crippen LogP) is 3.11. The largest absolute Gasteiger partial charge is 0.493 e. The van der Waals surface area contributed by atoms with E-state index in [4.69, 9.17) is 14.2 Å². The molecule has 21 heavy (non-hydrogen) atoms. The van der Waals surface area contributed by atoms with E-state index in [1.807, 2.05) is 12.1 Å². The summed E-state index contributed by atoms with van der Waals surface area (Å²) in [5.41, 5.74) is 2.42. The normalized spacial score (nSPS) is 10.4. The molecule has 1 N–H and O–H groups in total. The van der Waals surface area contributed by atoms with Gasteiger partial charge in [0.2, 0.25) is 5.75 Å². The van der Waals surface area contributed by atoms with Crippen molar-refractivity contribution in [2.75, 3.05) is 27.9 Å². The molecule has 2 rings (SSSR count). The summed E-state index contributed by atoms with van der Waals surface area (Å²) in [6.07, 6.45) is 1.03. The van der Waals surface area contributed by atoms with Gasteiger partial charge < -0.3 is 19.5 Å². The molecule has 0 unspecified atom stereocenters. The number of thiophene rings is 1. The highest BCUT2D eigenvalue weighted by Gasteiger charge is 2.15. The van der Waals surface area contributed by atoms with Gasteiger partial charge in [-0.05, 0) is 41.4 Å². The molecule has 0 saturated heterocycles. The van der Waals surface area contributed by atoms with Crippen LogP contribution in [0.1, 0.15) is 11.1 Å². The van der Waals surface area contributed by atoms with Gasteiger partial charge in [0.25, 0.3) is 0 Å². The molecule has 0 amide bonds. The highest BCUT2D eigenvalue weighted by atomic mass is 32.1. The Balaban J connectivity index is 1.99.